The fourth-order valence-electron chi connectivity index (χ4n) is 0.623. The molecule has 0 aromatic heterocycles. The van der Waals surface area contributed by atoms with Crippen molar-refractivity contribution in [3.8, 4) is 0 Å². The van der Waals surface area contributed by atoms with Gasteiger partial charge >= 0.3 is 0 Å². The quantitative estimate of drug-likeness (QED) is 0.588. The molecular weight excluding hydrogens is 130 g/mol. The first-order chi connectivity index (χ1) is 4.72. The van der Waals surface area contributed by atoms with Gasteiger partial charge in [-0.15, -0.1) is 0 Å². The highest BCUT2D eigenvalue weighted by Crippen LogP contribution is 2.03. The highest BCUT2D eigenvalue weighted by Gasteiger charge is 2.11. The molecule has 0 aromatic rings. The molecule has 1 unspecified atom stereocenters. The average molecular weight is 147 g/mol. The second-order valence-corrected chi connectivity index (χ2v) is 2.58. The van der Waals surface area contributed by atoms with Crippen LogP contribution in [0.3, 0.4) is 0 Å². The lowest BCUT2D eigenvalue weighted by atomic mass is 10.1. The first-order valence-corrected chi connectivity index (χ1v) is 3.65. The SMILES string of the molecule is CCOCC(ON)C(C)C. The highest BCUT2D eigenvalue weighted by atomic mass is 16.6. The third-order valence-corrected chi connectivity index (χ3v) is 1.40. The smallest absolute Gasteiger partial charge is 0.104 e. The summed E-state index contributed by atoms with van der Waals surface area (Å²) < 4.78 is 5.14. The number of hydrogen-bond acceptors (Lipinski definition) is 3. The van der Waals surface area contributed by atoms with E-state index in [1.54, 1.807) is 0 Å². The molecule has 0 saturated carbocycles. The van der Waals surface area contributed by atoms with Gasteiger partial charge in [0.25, 0.3) is 0 Å². The number of rotatable bonds is 5. The van der Waals surface area contributed by atoms with Crippen LogP contribution in [-0.4, -0.2) is 19.3 Å². The van der Waals surface area contributed by atoms with Gasteiger partial charge in [0.2, 0.25) is 0 Å². The van der Waals surface area contributed by atoms with Crippen molar-refractivity contribution in [2.24, 2.45) is 11.8 Å². The van der Waals surface area contributed by atoms with Crippen LogP contribution in [0.25, 0.3) is 0 Å². The summed E-state index contributed by atoms with van der Waals surface area (Å²) in [6, 6.07) is 0. The number of ether oxygens (including phenoxy) is 1. The molecule has 0 heterocycles. The Balaban J connectivity index is 3.40. The van der Waals surface area contributed by atoms with Gasteiger partial charge < -0.3 is 4.74 Å². The van der Waals surface area contributed by atoms with E-state index in [1.807, 2.05) is 6.92 Å². The zero-order valence-corrected chi connectivity index (χ0v) is 6.96. The van der Waals surface area contributed by atoms with Crippen molar-refractivity contribution in [1.82, 2.24) is 0 Å². The Morgan fingerprint density at radius 1 is 1.40 bits per heavy atom. The maximum atomic E-state index is 5.14. The molecule has 0 radical (unpaired) electrons. The van der Waals surface area contributed by atoms with Crippen LogP contribution in [0.4, 0.5) is 0 Å². The van der Waals surface area contributed by atoms with Crippen molar-refractivity contribution < 1.29 is 9.57 Å². The summed E-state index contributed by atoms with van der Waals surface area (Å²) >= 11 is 0. The normalized spacial score (nSPS) is 14.1. The third-order valence-electron chi connectivity index (χ3n) is 1.40. The minimum absolute atomic E-state index is 0.0277. The van der Waals surface area contributed by atoms with E-state index < -0.39 is 0 Å². The van der Waals surface area contributed by atoms with Gasteiger partial charge in [0.05, 0.1) is 6.61 Å². The zero-order valence-electron chi connectivity index (χ0n) is 6.96. The molecular formula is C7H17NO2. The van der Waals surface area contributed by atoms with E-state index in [1.165, 1.54) is 0 Å². The van der Waals surface area contributed by atoms with Crippen LogP contribution >= 0.6 is 0 Å². The molecule has 0 aliphatic heterocycles. The largest absolute Gasteiger partial charge is 0.379 e. The van der Waals surface area contributed by atoms with Gasteiger partial charge in [0.15, 0.2) is 0 Å². The second kappa shape index (κ2) is 5.65. The number of hydrogen-bond donors (Lipinski definition) is 1. The van der Waals surface area contributed by atoms with E-state index in [0.717, 1.165) is 0 Å². The van der Waals surface area contributed by atoms with Crippen molar-refractivity contribution in [2.45, 2.75) is 26.9 Å². The Kier molecular flexibility index (Phi) is 5.58. The summed E-state index contributed by atoms with van der Waals surface area (Å²) in [4.78, 5) is 4.69. The minimum Gasteiger partial charge on any atom is -0.379 e. The van der Waals surface area contributed by atoms with Gasteiger partial charge in [-0.05, 0) is 12.8 Å². The Labute approximate surface area is 62.4 Å². The summed E-state index contributed by atoms with van der Waals surface area (Å²) in [6.07, 6.45) is 0.0277. The number of nitrogens with two attached hydrogens (primary N) is 1. The summed E-state index contributed by atoms with van der Waals surface area (Å²) in [6.45, 7) is 7.36. The van der Waals surface area contributed by atoms with Gasteiger partial charge in [0.1, 0.15) is 6.10 Å². The third kappa shape index (κ3) is 3.82. The molecule has 0 saturated heterocycles. The molecule has 2 N–H and O–H groups in total. The Hall–Kier alpha value is -0.120. The van der Waals surface area contributed by atoms with E-state index in [9.17, 15) is 0 Å². The maximum absolute atomic E-state index is 5.14. The van der Waals surface area contributed by atoms with Gasteiger partial charge in [0, 0.05) is 6.61 Å². The van der Waals surface area contributed by atoms with Crippen LogP contribution in [0.5, 0.6) is 0 Å². The fraction of sp³-hybridized carbons (Fsp3) is 1.00. The van der Waals surface area contributed by atoms with Crippen LogP contribution < -0.4 is 5.90 Å². The predicted octanol–water partition coefficient (Wildman–Crippen LogP) is 0.938. The molecule has 10 heavy (non-hydrogen) atoms. The molecule has 0 aliphatic rings. The van der Waals surface area contributed by atoms with Gasteiger partial charge in [-0.1, -0.05) is 13.8 Å². The van der Waals surface area contributed by atoms with Crippen molar-refractivity contribution in [2.75, 3.05) is 13.2 Å². The molecule has 0 spiro atoms. The molecule has 0 bridgehead atoms. The molecule has 0 aromatic carbocycles. The zero-order chi connectivity index (χ0) is 7.98. The van der Waals surface area contributed by atoms with Crippen LogP contribution in [0.15, 0.2) is 0 Å². The van der Waals surface area contributed by atoms with Gasteiger partial charge in [-0.3, -0.25) is 4.84 Å². The summed E-state index contributed by atoms with van der Waals surface area (Å²) in [5.74, 6) is 5.45. The molecule has 0 rings (SSSR count). The summed E-state index contributed by atoms with van der Waals surface area (Å²) in [7, 11) is 0. The molecule has 1 atom stereocenters. The van der Waals surface area contributed by atoms with Crippen molar-refractivity contribution in [3.05, 3.63) is 0 Å². The first-order valence-electron chi connectivity index (χ1n) is 3.65. The van der Waals surface area contributed by atoms with E-state index in [0.29, 0.717) is 19.1 Å². The average Bonchev–Trinajstić information content (AvgIpc) is 1.89. The van der Waals surface area contributed by atoms with Gasteiger partial charge in [-0.2, -0.15) is 0 Å². The molecule has 3 nitrogen and oxygen atoms in total. The lowest BCUT2D eigenvalue weighted by Crippen LogP contribution is -2.28. The van der Waals surface area contributed by atoms with E-state index in [4.69, 9.17) is 10.6 Å². The monoisotopic (exact) mass is 147 g/mol. The fourth-order valence-corrected chi connectivity index (χ4v) is 0.623. The van der Waals surface area contributed by atoms with Crippen LogP contribution in [0.1, 0.15) is 20.8 Å². The van der Waals surface area contributed by atoms with Crippen LogP contribution in [0, 0.1) is 5.92 Å². The molecule has 62 valence electrons. The lowest BCUT2D eigenvalue weighted by molar-refractivity contribution is -0.0381. The van der Waals surface area contributed by atoms with E-state index >= 15 is 0 Å². The standard InChI is InChI=1S/C7H17NO2/c1-4-9-5-7(10-8)6(2)3/h6-7H,4-5,8H2,1-3H3. The molecule has 0 amide bonds. The Bertz CT molecular complexity index is 76.0. The van der Waals surface area contributed by atoms with Crippen LogP contribution in [0.2, 0.25) is 0 Å². The molecule has 0 aliphatic carbocycles. The van der Waals surface area contributed by atoms with Gasteiger partial charge in [-0.25, -0.2) is 5.90 Å². The first kappa shape index (κ1) is 9.88. The topological polar surface area (TPSA) is 44.5 Å². The Morgan fingerprint density at radius 2 is 2.00 bits per heavy atom. The Morgan fingerprint density at radius 3 is 2.30 bits per heavy atom. The minimum atomic E-state index is 0.0277. The van der Waals surface area contributed by atoms with Crippen molar-refractivity contribution in [3.63, 3.8) is 0 Å². The van der Waals surface area contributed by atoms with E-state index in [-0.39, 0.29) is 6.10 Å². The van der Waals surface area contributed by atoms with Crippen molar-refractivity contribution >= 4 is 0 Å². The molecule has 3 heteroatoms. The predicted molar refractivity (Wildman–Crippen MR) is 40.4 cm³/mol. The molecule has 0 fully saturated rings. The highest BCUT2D eigenvalue weighted by molar-refractivity contribution is 4.59. The second-order valence-electron chi connectivity index (χ2n) is 2.58. The van der Waals surface area contributed by atoms with E-state index in [2.05, 4.69) is 18.7 Å². The summed E-state index contributed by atoms with van der Waals surface area (Å²) in [5.41, 5.74) is 0. The van der Waals surface area contributed by atoms with Crippen molar-refractivity contribution in [1.29, 1.82) is 0 Å². The van der Waals surface area contributed by atoms with Crippen LogP contribution in [-0.2, 0) is 9.57 Å². The summed E-state index contributed by atoms with van der Waals surface area (Å²) in [5, 5.41) is 0. The maximum Gasteiger partial charge on any atom is 0.104 e. The lowest BCUT2D eigenvalue weighted by Gasteiger charge is -2.17.